The molecular weight excluding hydrogens is 202 g/mol. The van der Waals surface area contributed by atoms with Crippen molar-refractivity contribution in [1.82, 2.24) is 4.98 Å². The summed E-state index contributed by atoms with van der Waals surface area (Å²) in [5.74, 6) is 0.812. The first-order valence-corrected chi connectivity index (χ1v) is 5.54. The van der Waals surface area contributed by atoms with Gasteiger partial charge in [-0.25, -0.2) is 0 Å². The van der Waals surface area contributed by atoms with Gasteiger partial charge in [-0.15, -0.1) is 0 Å². The van der Waals surface area contributed by atoms with E-state index in [1.807, 2.05) is 6.07 Å². The molecule has 3 heteroatoms. The van der Waals surface area contributed by atoms with E-state index in [1.165, 1.54) is 0 Å². The van der Waals surface area contributed by atoms with Gasteiger partial charge in [-0.2, -0.15) is 0 Å². The van der Waals surface area contributed by atoms with Gasteiger partial charge in [-0.1, -0.05) is 6.92 Å². The number of phenols is 1. The lowest BCUT2D eigenvalue weighted by Gasteiger charge is -2.17. The monoisotopic (exact) mass is 215 g/mol. The van der Waals surface area contributed by atoms with Gasteiger partial charge in [0, 0.05) is 17.3 Å². The highest BCUT2D eigenvalue weighted by atomic mass is 16.3. The van der Waals surface area contributed by atoms with Crippen molar-refractivity contribution in [2.45, 2.75) is 25.7 Å². The second kappa shape index (κ2) is 3.11. The highest BCUT2D eigenvalue weighted by molar-refractivity contribution is 6.04. The molecular formula is C13H13NO2. The number of Topliss-reactive ketones (excluding diaryl/α,β-unsaturated/α-hetero) is 1. The summed E-state index contributed by atoms with van der Waals surface area (Å²) in [6, 6.07) is 5.20. The number of phenolic OH excluding ortho intramolecular Hbond substituents is 1. The molecule has 3 nitrogen and oxygen atoms in total. The number of carbonyl (C=O) groups is 1. The van der Waals surface area contributed by atoms with Crippen LogP contribution in [0.2, 0.25) is 0 Å². The lowest BCUT2D eigenvalue weighted by molar-refractivity contribution is 0.0964. The van der Waals surface area contributed by atoms with Gasteiger partial charge < -0.3 is 10.1 Å². The van der Waals surface area contributed by atoms with Crippen LogP contribution in [0.25, 0.3) is 10.9 Å². The Morgan fingerprint density at radius 3 is 3.06 bits per heavy atom. The molecule has 1 aromatic heterocycles. The molecule has 1 heterocycles. The van der Waals surface area contributed by atoms with Crippen LogP contribution in [-0.4, -0.2) is 15.9 Å². The molecule has 3 rings (SSSR count). The number of carbonyl (C=O) groups excluding carboxylic acids is 1. The number of aromatic nitrogens is 1. The number of hydrogen-bond acceptors (Lipinski definition) is 2. The van der Waals surface area contributed by atoms with E-state index >= 15 is 0 Å². The smallest absolute Gasteiger partial charge is 0.179 e. The number of aromatic amines is 1. The van der Waals surface area contributed by atoms with Gasteiger partial charge in [0.15, 0.2) is 5.78 Å². The Morgan fingerprint density at radius 1 is 1.44 bits per heavy atom. The van der Waals surface area contributed by atoms with Crippen molar-refractivity contribution in [3.05, 3.63) is 29.5 Å². The van der Waals surface area contributed by atoms with Gasteiger partial charge in [0.1, 0.15) is 5.75 Å². The minimum atomic E-state index is 0.184. The number of hydrogen-bond donors (Lipinski definition) is 2. The van der Waals surface area contributed by atoms with Gasteiger partial charge >= 0.3 is 0 Å². The van der Waals surface area contributed by atoms with Gasteiger partial charge in [-0.3, -0.25) is 4.79 Å². The minimum Gasteiger partial charge on any atom is -0.508 e. The number of ketones is 1. The Bertz CT molecular complexity index is 583. The molecule has 82 valence electrons. The number of fused-ring (bicyclic) bond motifs is 3. The van der Waals surface area contributed by atoms with E-state index < -0.39 is 0 Å². The molecule has 16 heavy (non-hydrogen) atoms. The fourth-order valence-electron chi connectivity index (χ4n) is 2.55. The first-order chi connectivity index (χ1) is 7.66. The molecule has 1 aliphatic rings. The highest BCUT2D eigenvalue weighted by Crippen LogP contribution is 2.37. The molecule has 1 atom stereocenters. The number of benzene rings is 1. The molecule has 1 aromatic carbocycles. The topological polar surface area (TPSA) is 53.1 Å². The summed E-state index contributed by atoms with van der Waals surface area (Å²) in [7, 11) is 0. The highest BCUT2D eigenvalue weighted by Gasteiger charge is 2.26. The standard InChI is InChI=1S/C13H13NO2/c1-7-2-5-11(16)13-12(7)9-6-8(15)3-4-10(9)14-13/h3-4,6-7,14-15H,2,5H2,1H3. The predicted octanol–water partition coefficient (Wildman–Crippen LogP) is 2.95. The largest absolute Gasteiger partial charge is 0.508 e. The van der Waals surface area contributed by atoms with Crippen LogP contribution < -0.4 is 0 Å². The van der Waals surface area contributed by atoms with E-state index in [-0.39, 0.29) is 11.5 Å². The molecule has 0 saturated carbocycles. The van der Waals surface area contributed by atoms with Gasteiger partial charge in [0.2, 0.25) is 0 Å². The van der Waals surface area contributed by atoms with E-state index in [2.05, 4.69) is 11.9 Å². The summed E-state index contributed by atoms with van der Waals surface area (Å²) in [6.45, 7) is 2.13. The molecule has 2 N–H and O–H groups in total. The third-order valence-corrected chi connectivity index (χ3v) is 3.40. The zero-order chi connectivity index (χ0) is 11.3. The molecule has 0 amide bonds. The zero-order valence-electron chi connectivity index (χ0n) is 9.08. The summed E-state index contributed by atoms with van der Waals surface area (Å²) >= 11 is 0. The van der Waals surface area contributed by atoms with Gasteiger partial charge in [0.05, 0.1) is 5.69 Å². The average molecular weight is 215 g/mol. The molecule has 0 saturated heterocycles. The number of H-pyrrole nitrogens is 1. The summed E-state index contributed by atoms with van der Waals surface area (Å²) < 4.78 is 0. The fourth-order valence-corrected chi connectivity index (χ4v) is 2.55. The van der Waals surface area contributed by atoms with Crippen LogP contribution in [0.15, 0.2) is 18.2 Å². The first-order valence-electron chi connectivity index (χ1n) is 5.54. The normalized spacial score (nSPS) is 20.1. The molecule has 1 unspecified atom stereocenters. The van der Waals surface area contributed by atoms with Gasteiger partial charge in [-0.05, 0) is 36.1 Å². The Morgan fingerprint density at radius 2 is 2.25 bits per heavy atom. The van der Waals surface area contributed by atoms with E-state index in [1.54, 1.807) is 12.1 Å². The molecule has 0 spiro atoms. The average Bonchev–Trinajstić information content (AvgIpc) is 2.63. The first kappa shape index (κ1) is 9.46. The maximum atomic E-state index is 11.8. The summed E-state index contributed by atoms with van der Waals surface area (Å²) in [5.41, 5.74) is 2.74. The number of rotatable bonds is 0. The number of aromatic hydroxyl groups is 1. The van der Waals surface area contributed by atoms with Crippen molar-refractivity contribution in [3.63, 3.8) is 0 Å². The number of nitrogens with one attached hydrogen (secondary N) is 1. The summed E-state index contributed by atoms with van der Waals surface area (Å²) in [6.07, 6.45) is 1.52. The van der Waals surface area contributed by atoms with Crippen LogP contribution in [0.3, 0.4) is 0 Å². The van der Waals surface area contributed by atoms with Crippen LogP contribution in [0.5, 0.6) is 5.75 Å². The Kier molecular flexibility index (Phi) is 1.84. The van der Waals surface area contributed by atoms with Crippen LogP contribution in [0.4, 0.5) is 0 Å². The van der Waals surface area contributed by atoms with Crippen LogP contribution >= 0.6 is 0 Å². The lowest BCUT2D eigenvalue weighted by Crippen LogP contribution is -2.12. The van der Waals surface area contributed by atoms with Crippen molar-refractivity contribution in [2.75, 3.05) is 0 Å². The van der Waals surface area contributed by atoms with E-state index in [0.717, 1.165) is 28.6 Å². The summed E-state index contributed by atoms with van der Waals surface area (Å²) in [5, 5.41) is 10.5. The van der Waals surface area contributed by atoms with E-state index in [9.17, 15) is 9.90 Å². The molecule has 0 aliphatic heterocycles. The summed E-state index contributed by atoms with van der Waals surface area (Å²) in [4.78, 5) is 15.0. The quantitative estimate of drug-likeness (QED) is 0.709. The van der Waals surface area contributed by atoms with Crippen LogP contribution in [0, 0.1) is 0 Å². The lowest BCUT2D eigenvalue weighted by atomic mass is 9.86. The third-order valence-electron chi connectivity index (χ3n) is 3.40. The third kappa shape index (κ3) is 1.18. The maximum absolute atomic E-state index is 11.8. The fraction of sp³-hybridized carbons (Fsp3) is 0.308. The molecule has 0 fully saturated rings. The van der Waals surface area contributed by atoms with Crippen molar-refractivity contribution >= 4 is 16.7 Å². The van der Waals surface area contributed by atoms with E-state index in [0.29, 0.717) is 12.3 Å². The van der Waals surface area contributed by atoms with E-state index in [4.69, 9.17) is 0 Å². The molecule has 0 radical (unpaired) electrons. The van der Waals surface area contributed by atoms with Crippen molar-refractivity contribution in [2.24, 2.45) is 0 Å². The zero-order valence-corrected chi connectivity index (χ0v) is 9.08. The molecule has 0 bridgehead atoms. The Labute approximate surface area is 93.1 Å². The van der Waals surface area contributed by atoms with Crippen LogP contribution in [-0.2, 0) is 0 Å². The van der Waals surface area contributed by atoms with Crippen molar-refractivity contribution in [3.8, 4) is 5.75 Å². The van der Waals surface area contributed by atoms with Crippen molar-refractivity contribution in [1.29, 1.82) is 0 Å². The maximum Gasteiger partial charge on any atom is 0.179 e. The SMILES string of the molecule is CC1CCC(=O)c2[nH]c3ccc(O)cc3c21. The Hall–Kier alpha value is -1.77. The second-order valence-corrected chi connectivity index (χ2v) is 4.51. The molecule has 2 aromatic rings. The van der Waals surface area contributed by atoms with Crippen LogP contribution in [0.1, 0.15) is 41.7 Å². The predicted molar refractivity (Wildman–Crippen MR) is 61.9 cm³/mol. The minimum absolute atomic E-state index is 0.184. The van der Waals surface area contributed by atoms with Crippen molar-refractivity contribution < 1.29 is 9.90 Å². The molecule has 1 aliphatic carbocycles. The second-order valence-electron chi connectivity index (χ2n) is 4.51. The Balaban J connectivity index is 2.38. The van der Waals surface area contributed by atoms with Gasteiger partial charge in [0.25, 0.3) is 0 Å².